The highest BCUT2D eigenvalue weighted by Gasteiger charge is 2.01. The number of hydrogen-bond acceptors (Lipinski definition) is 3. The topological polar surface area (TPSA) is 63.5 Å². The van der Waals surface area contributed by atoms with E-state index in [0.717, 1.165) is 23.8 Å². The van der Waals surface area contributed by atoms with E-state index in [2.05, 4.69) is 55.5 Å². The van der Waals surface area contributed by atoms with E-state index in [4.69, 9.17) is 4.74 Å². The Balaban J connectivity index is 1.48. The summed E-state index contributed by atoms with van der Waals surface area (Å²) in [6.45, 7) is 2.22. The van der Waals surface area contributed by atoms with Gasteiger partial charge in [-0.3, -0.25) is 4.99 Å². The molecule has 0 saturated heterocycles. The van der Waals surface area contributed by atoms with Crippen molar-refractivity contribution < 1.29 is 4.74 Å². The van der Waals surface area contributed by atoms with Gasteiger partial charge in [0, 0.05) is 39.1 Å². The number of nitrogens with one attached hydrogen (secondary N) is 2. The summed E-state index contributed by atoms with van der Waals surface area (Å²) in [4.78, 5) is 8.35. The van der Waals surface area contributed by atoms with Crippen molar-refractivity contribution in [2.24, 2.45) is 4.99 Å². The predicted octanol–water partition coefficient (Wildman–Crippen LogP) is 2.81. The Bertz CT molecular complexity index is 857. The Hall–Kier alpha value is -3.28. The van der Waals surface area contributed by atoms with Gasteiger partial charge >= 0.3 is 0 Å². The van der Waals surface area contributed by atoms with Crippen LogP contribution in [0.3, 0.4) is 0 Å². The summed E-state index contributed by atoms with van der Waals surface area (Å²) in [7, 11) is 3.45. The number of rotatable bonds is 7. The van der Waals surface area contributed by atoms with Crippen LogP contribution in [0.2, 0.25) is 0 Å². The molecule has 0 aliphatic heterocycles. The van der Waals surface area contributed by atoms with Gasteiger partial charge in [-0.2, -0.15) is 0 Å². The van der Waals surface area contributed by atoms with Gasteiger partial charge in [0.15, 0.2) is 5.96 Å². The van der Waals surface area contributed by atoms with E-state index >= 15 is 0 Å². The molecule has 27 heavy (non-hydrogen) atoms. The summed E-state index contributed by atoms with van der Waals surface area (Å²) < 4.78 is 7.31. The summed E-state index contributed by atoms with van der Waals surface area (Å²) in [5.41, 5.74) is 3.59. The van der Waals surface area contributed by atoms with Crippen LogP contribution in [0.1, 0.15) is 16.7 Å². The third-order valence-electron chi connectivity index (χ3n) is 4.22. The molecule has 0 bridgehead atoms. The van der Waals surface area contributed by atoms with Crippen LogP contribution in [0.25, 0.3) is 0 Å². The van der Waals surface area contributed by atoms with Crippen molar-refractivity contribution in [2.75, 3.05) is 14.2 Å². The molecular weight excluding hydrogens is 338 g/mol. The number of hydrogen-bond donors (Lipinski definition) is 2. The van der Waals surface area contributed by atoms with Crippen molar-refractivity contribution in [3.63, 3.8) is 0 Å². The fourth-order valence-corrected chi connectivity index (χ4v) is 2.73. The molecule has 0 fully saturated rings. The molecule has 2 aromatic carbocycles. The van der Waals surface area contributed by atoms with Crippen LogP contribution >= 0.6 is 0 Å². The molecule has 6 heteroatoms. The molecule has 140 valence electrons. The molecule has 0 unspecified atom stereocenters. The molecule has 0 amide bonds. The standard InChI is InChI=1S/C21H25N5O/c1-22-21(25-14-19-4-3-5-20(12-19)27-2)24-13-17-6-8-18(9-7-17)15-26-11-10-23-16-26/h3-12,16H,13-15H2,1-2H3,(H2,22,24,25). The molecule has 1 heterocycles. The number of benzene rings is 2. The van der Waals surface area contributed by atoms with Gasteiger partial charge in [0.1, 0.15) is 5.75 Å². The van der Waals surface area contributed by atoms with Crippen molar-refractivity contribution >= 4 is 5.96 Å². The van der Waals surface area contributed by atoms with Crippen molar-refractivity contribution in [3.05, 3.63) is 83.9 Å². The second-order valence-electron chi connectivity index (χ2n) is 6.18. The molecule has 3 rings (SSSR count). The van der Waals surface area contributed by atoms with Gasteiger partial charge in [0.25, 0.3) is 0 Å². The molecule has 0 radical (unpaired) electrons. The van der Waals surface area contributed by atoms with Crippen LogP contribution in [-0.2, 0) is 19.6 Å². The lowest BCUT2D eigenvalue weighted by molar-refractivity contribution is 0.414. The average Bonchev–Trinajstić information content (AvgIpc) is 3.22. The van der Waals surface area contributed by atoms with Crippen LogP contribution in [0.15, 0.2) is 72.2 Å². The Morgan fingerprint density at radius 2 is 1.78 bits per heavy atom. The lowest BCUT2D eigenvalue weighted by atomic mass is 10.1. The van der Waals surface area contributed by atoms with Crippen LogP contribution in [0.4, 0.5) is 0 Å². The summed E-state index contributed by atoms with van der Waals surface area (Å²) in [5.74, 6) is 1.62. The number of aromatic nitrogens is 2. The molecule has 1 aromatic heterocycles. The first-order valence-electron chi connectivity index (χ1n) is 8.88. The van der Waals surface area contributed by atoms with Crippen molar-refractivity contribution in [1.29, 1.82) is 0 Å². The predicted molar refractivity (Wildman–Crippen MR) is 108 cm³/mol. The minimum Gasteiger partial charge on any atom is -0.497 e. The fraction of sp³-hybridized carbons (Fsp3) is 0.238. The Morgan fingerprint density at radius 1 is 1.04 bits per heavy atom. The van der Waals surface area contributed by atoms with Crippen LogP contribution < -0.4 is 15.4 Å². The third kappa shape index (κ3) is 5.60. The highest BCUT2D eigenvalue weighted by Crippen LogP contribution is 2.12. The van der Waals surface area contributed by atoms with Gasteiger partial charge in [-0.05, 0) is 28.8 Å². The quantitative estimate of drug-likeness (QED) is 0.500. The Kier molecular flexibility index (Phi) is 6.46. The number of guanidine groups is 1. The zero-order chi connectivity index (χ0) is 18.9. The SMILES string of the molecule is CN=C(NCc1ccc(Cn2ccnc2)cc1)NCc1cccc(OC)c1. The third-order valence-corrected chi connectivity index (χ3v) is 4.22. The van der Waals surface area contributed by atoms with Gasteiger partial charge in [-0.1, -0.05) is 36.4 Å². The van der Waals surface area contributed by atoms with Crippen molar-refractivity contribution in [1.82, 2.24) is 20.2 Å². The van der Waals surface area contributed by atoms with Gasteiger partial charge in [0.05, 0.1) is 13.4 Å². The number of aliphatic imine (C=N–C) groups is 1. The number of methoxy groups -OCH3 is 1. The monoisotopic (exact) mass is 363 g/mol. The minimum atomic E-state index is 0.681. The fourth-order valence-electron chi connectivity index (χ4n) is 2.73. The molecule has 2 N–H and O–H groups in total. The zero-order valence-corrected chi connectivity index (χ0v) is 15.7. The first kappa shape index (κ1) is 18.5. The molecule has 0 aliphatic rings. The van der Waals surface area contributed by atoms with Gasteiger partial charge < -0.3 is 19.9 Å². The van der Waals surface area contributed by atoms with E-state index in [9.17, 15) is 0 Å². The molecule has 6 nitrogen and oxygen atoms in total. The summed E-state index contributed by atoms with van der Waals surface area (Å²) in [5, 5.41) is 6.66. The Labute approximate surface area is 159 Å². The van der Waals surface area contributed by atoms with Crippen molar-refractivity contribution in [2.45, 2.75) is 19.6 Å². The zero-order valence-electron chi connectivity index (χ0n) is 15.7. The maximum atomic E-state index is 5.26. The number of ether oxygens (including phenoxy) is 1. The maximum Gasteiger partial charge on any atom is 0.191 e. The molecule has 0 spiro atoms. The van der Waals surface area contributed by atoms with Crippen LogP contribution in [-0.4, -0.2) is 29.7 Å². The number of nitrogens with zero attached hydrogens (tertiary/aromatic N) is 3. The van der Waals surface area contributed by atoms with Gasteiger partial charge in [0.2, 0.25) is 0 Å². The van der Waals surface area contributed by atoms with E-state index < -0.39 is 0 Å². The normalized spacial score (nSPS) is 11.3. The van der Waals surface area contributed by atoms with E-state index in [1.54, 1.807) is 20.4 Å². The second kappa shape index (κ2) is 9.43. The Morgan fingerprint density at radius 3 is 2.44 bits per heavy atom. The lowest BCUT2D eigenvalue weighted by Crippen LogP contribution is -2.36. The summed E-state index contributed by atoms with van der Waals surface area (Å²) in [6.07, 6.45) is 5.59. The summed E-state index contributed by atoms with van der Waals surface area (Å²) >= 11 is 0. The van der Waals surface area contributed by atoms with Crippen LogP contribution in [0, 0.1) is 0 Å². The molecule has 0 aliphatic carbocycles. The van der Waals surface area contributed by atoms with E-state index in [0.29, 0.717) is 13.1 Å². The first-order chi connectivity index (χ1) is 13.3. The molecule has 0 saturated carbocycles. The number of imidazole rings is 1. The molecule has 0 atom stereocenters. The minimum absolute atomic E-state index is 0.681. The second-order valence-corrected chi connectivity index (χ2v) is 6.18. The smallest absolute Gasteiger partial charge is 0.191 e. The van der Waals surface area contributed by atoms with E-state index in [1.165, 1.54) is 11.1 Å². The first-order valence-corrected chi connectivity index (χ1v) is 8.88. The average molecular weight is 363 g/mol. The van der Waals surface area contributed by atoms with Crippen LogP contribution in [0.5, 0.6) is 5.75 Å². The summed E-state index contributed by atoms with van der Waals surface area (Å²) in [6, 6.07) is 16.5. The lowest BCUT2D eigenvalue weighted by Gasteiger charge is -2.13. The van der Waals surface area contributed by atoms with E-state index in [-0.39, 0.29) is 0 Å². The van der Waals surface area contributed by atoms with Crippen molar-refractivity contribution in [3.8, 4) is 5.75 Å². The highest BCUT2D eigenvalue weighted by atomic mass is 16.5. The maximum absolute atomic E-state index is 5.26. The highest BCUT2D eigenvalue weighted by molar-refractivity contribution is 5.79. The molecular formula is C21H25N5O. The van der Waals surface area contributed by atoms with Gasteiger partial charge in [-0.15, -0.1) is 0 Å². The molecule has 3 aromatic rings. The van der Waals surface area contributed by atoms with Gasteiger partial charge in [-0.25, -0.2) is 4.98 Å². The van der Waals surface area contributed by atoms with E-state index in [1.807, 2.05) is 30.7 Å². The largest absolute Gasteiger partial charge is 0.497 e.